The molecule has 0 atom stereocenters. The first-order chi connectivity index (χ1) is 11.7. The topological polar surface area (TPSA) is 65.5 Å². The maximum Gasteiger partial charge on any atom is 0.251 e. The number of carbonyl (C=O) groups excluding carboxylic acids is 1. The number of nitrogens with zero attached hydrogens (tertiary/aromatic N) is 1. The van der Waals surface area contributed by atoms with E-state index >= 15 is 0 Å². The first-order valence-electron chi connectivity index (χ1n) is 7.71. The van der Waals surface area contributed by atoms with Gasteiger partial charge in [-0.1, -0.05) is 41.9 Å². The molecule has 2 aromatic rings. The second-order valence-corrected chi connectivity index (χ2v) is 5.54. The highest BCUT2D eigenvalue weighted by molar-refractivity contribution is 14.0. The Hall–Kier alpha value is -1.80. The van der Waals surface area contributed by atoms with E-state index in [1.165, 1.54) is 0 Å². The zero-order chi connectivity index (χ0) is 17.2. The molecule has 0 aromatic heterocycles. The molecule has 0 spiro atoms. The van der Waals surface area contributed by atoms with Crippen LogP contribution in [0.1, 0.15) is 15.9 Å². The predicted octanol–water partition coefficient (Wildman–Crippen LogP) is 3.05. The van der Waals surface area contributed by atoms with Crippen LogP contribution in [0.15, 0.2) is 59.6 Å². The summed E-state index contributed by atoms with van der Waals surface area (Å²) < 4.78 is 0. The standard InChI is InChI=1S/C18H21ClN4O.HI/c1-20-18(23-13-14-7-9-16(19)10-8-14)22-12-11-21-17(24)15-5-3-2-4-6-15;/h2-10H,11-13H2,1H3,(H,21,24)(H2,20,22,23);1H. The molecular formula is C18H22ClIN4O. The van der Waals surface area contributed by atoms with Gasteiger partial charge in [-0.15, -0.1) is 24.0 Å². The Morgan fingerprint density at radius 1 is 0.960 bits per heavy atom. The van der Waals surface area contributed by atoms with Crippen LogP contribution in [0, 0.1) is 0 Å². The highest BCUT2D eigenvalue weighted by atomic mass is 127. The first kappa shape index (κ1) is 21.2. The summed E-state index contributed by atoms with van der Waals surface area (Å²) in [5.74, 6) is 0.598. The molecule has 0 bridgehead atoms. The number of halogens is 2. The highest BCUT2D eigenvalue weighted by Gasteiger charge is 2.03. The second kappa shape index (κ2) is 11.7. The molecule has 25 heavy (non-hydrogen) atoms. The van der Waals surface area contributed by atoms with E-state index in [-0.39, 0.29) is 29.9 Å². The Morgan fingerprint density at radius 3 is 2.24 bits per heavy atom. The van der Waals surface area contributed by atoms with Gasteiger partial charge in [-0.2, -0.15) is 0 Å². The Kier molecular flexibility index (Phi) is 9.94. The maximum atomic E-state index is 11.9. The van der Waals surface area contributed by atoms with Crippen molar-refractivity contribution in [2.24, 2.45) is 4.99 Å². The monoisotopic (exact) mass is 472 g/mol. The zero-order valence-electron chi connectivity index (χ0n) is 14.0. The number of amides is 1. The van der Waals surface area contributed by atoms with Gasteiger partial charge in [0, 0.05) is 37.3 Å². The number of nitrogens with one attached hydrogen (secondary N) is 3. The number of hydrogen-bond donors (Lipinski definition) is 3. The van der Waals surface area contributed by atoms with Gasteiger partial charge in [0.1, 0.15) is 0 Å². The summed E-state index contributed by atoms with van der Waals surface area (Å²) >= 11 is 5.86. The van der Waals surface area contributed by atoms with Crippen LogP contribution in [0.25, 0.3) is 0 Å². The Morgan fingerprint density at radius 2 is 1.60 bits per heavy atom. The smallest absolute Gasteiger partial charge is 0.251 e. The molecule has 2 aromatic carbocycles. The Labute approximate surface area is 170 Å². The average molecular weight is 473 g/mol. The molecule has 0 aliphatic heterocycles. The van der Waals surface area contributed by atoms with Gasteiger partial charge in [-0.3, -0.25) is 9.79 Å². The molecule has 0 heterocycles. The van der Waals surface area contributed by atoms with Gasteiger partial charge in [-0.05, 0) is 29.8 Å². The minimum atomic E-state index is -0.0819. The fourth-order valence-electron chi connectivity index (χ4n) is 2.06. The van der Waals surface area contributed by atoms with E-state index in [1.807, 2.05) is 42.5 Å². The van der Waals surface area contributed by atoms with E-state index in [9.17, 15) is 4.79 Å². The van der Waals surface area contributed by atoms with Crippen LogP contribution in [0.4, 0.5) is 0 Å². The molecule has 7 heteroatoms. The fraction of sp³-hybridized carbons (Fsp3) is 0.222. The number of aliphatic imine (C=N–C) groups is 1. The lowest BCUT2D eigenvalue weighted by Gasteiger charge is -2.12. The van der Waals surface area contributed by atoms with E-state index in [2.05, 4.69) is 20.9 Å². The van der Waals surface area contributed by atoms with Crippen molar-refractivity contribution in [1.29, 1.82) is 0 Å². The van der Waals surface area contributed by atoms with Crippen molar-refractivity contribution in [2.75, 3.05) is 20.1 Å². The van der Waals surface area contributed by atoms with Gasteiger partial charge < -0.3 is 16.0 Å². The van der Waals surface area contributed by atoms with Gasteiger partial charge in [0.2, 0.25) is 0 Å². The van der Waals surface area contributed by atoms with Crippen molar-refractivity contribution in [3.63, 3.8) is 0 Å². The third kappa shape index (κ3) is 7.74. The fourth-order valence-corrected chi connectivity index (χ4v) is 2.18. The van der Waals surface area contributed by atoms with E-state index in [0.717, 1.165) is 10.6 Å². The molecule has 2 rings (SSSR count). The summed E-state index contributed by atoms with van der Waals surface area (Å²) in [6.45, 7) is 1.74. The van der Waals surface area contributed by atoms with Crippen molar-refractivity contribution in [2.45, 2.75) is 6.54 Å². The lowest BCUT2D eigenvalue weighted by molar-refractivity contribution is 0.0954. The quantitative estimate of drug-likeness (QED) is 0.262. The maximum absolute atomic E-state index is 11.9. The molecule has 5 nitrogen and oxygen atoms in total. The van der Waals surface area contributed by atoms with Crippen molar-refractivity contribution < 1.29 is 4.79 Å². The zero-order valence-corrected chi connectivity index (χ0v) is 17.0. The minimum Gasteiger partial charge on any atom is -0.355 e. The van der Waals surface area contributed by atoms with Crippen molar-refractivity contribution in [1.82, 2.24) is 16.0 Å². The lowest BCUT2D eigenvalue weighted by Crippen LogP contribution is -2.41. The summed E-state index contributed by atoms with van der Waals surface area (Å²) in [4.78, 5) is 16.1. The number of rotatable bonds is 6. The Balaban J connectivity index is 0.00000312. The second-order valence-electron chi connectivity index (χ2n) is 5.10. The van der Waals surface area contributed by atoms with Crippen LogP contribution in [-0.4, -0.2) is 32.0 Å². The molecule has 134 valence electrons. The summed E-state index contributed by atoms with van der Waals surface area (Å²) in [7, 11) is 1.71. The molecule has 0 saturated heterocycles. The van der Waals surface area contributed by atoms with Gasteiger partial charge in [0.05, 0.1) is 0 Å². The van der Waals surface area contributed by atoms with Crippen molar-refractivity contribution in [3.05, 3.63) is 70.7 Å². The molecule has 3 N–H and O–H groups in total. The molecule has 0 fully saturated rings. The SMILES string of the molecule is CN=C(NCCNC(=O)c1ccccc1)NCc1ccc(Cl)cc1.I. The third-order valence-corrected chi connectivity index (χ3v) is 3.59. The van der Waals surface area contributed by atoms with E-state index in [1.54, 1.807) is 19.2 Å². The average Bonchev–Trinajstić information content (AvgIpc) is 2.63. The predicted molar refractivity (Wildman–Crippen MR) is 114 cm³/mol. The van der Waals surface area contributed by atoms with Crippen LogP contribution >= 0.6 is 35.6 Å². The van der Waals surface area contributed by atoms with Gasteiger partial charge >= 0.3 is 0 Å². The van der Waals surface area contributed by atoms with Gasteiger partial charge in [0.25, 0.3) is 5.91 Å². The summed E-state index contributed by atoms with van der Waals surface area (Å²) in [6.07, 6.45) is 0. The highest BCUT2D eigenvalue weighted by Crippen LogP contribution is 2.08. The molecule has 0 saturated carbocycles. The minimum absolute atomic E-state index is 0. The van der Waals surface area contributed by atoms with Crippen molar-refractivity contribution >= 4 is 47.4 Å². The number of benzene rings is 2. The molecule has 0 unspecified atom stereocenters. The van der Waals surface area contributed by atoms with E-state index < -0.39 is 0 Å². The summed E-state index contributed by atoms with van der Waals surface area (Å²) in [5, 5.41) is 9.94. The molecule has 1 amide bonds. The van der Waals surface area contributed by atoms with Gasteiger partial charge in [0.15, 0.2) is 5.96 Å². The van der Waals surface area contributed by atoms with Crippen LogP contribution in [0.5, 0.6) is 0 Å². The molecular weight excluding hydrogens is 451 g/mol. The van der Waals surface area contributed by atoms with E-state index in [0.29, 0.717) is 31.2 Å². The van der Waals surface area contributed by atoms with Crippen LogP contribution in [-0.2, 0) is 6.54 Å². The first-order valence-corrected chi connectivity index (χ1v) is 8.09. The molecule has 0 aliphatic rings. The van der Waals surface area contributed by atoms with Crippen LogP contribution < -0.4 is 16.0 Å². The number of guanidine groups is 1. The van der Waals surface area contributed by atoms with Crippen LogP contribution in [0.2, 0.25) is 5.02 Å². The van der Waals surface area contributed by atoms with Crippen LogP contribution in [0.3, 0.4) is 0 Å². The largest absolute Gasteiger partial charge is 0.355 e. The van der Waals surface area contributed by atoms with Gasteiger partial charge in [-0.25, -0.2) is 0 Å². The summed E-state index contributed by atoms with van der Waals surface area (Å²) in [6, 6.07) is 16.8. The summed E-state index contributed by atoms with van der Waals surface area (Å²) in [5.41, 5.74) is 1.77. The normalized spacial score (nSPS) is 10.6. The molecule has 0 aliphatic carbocycles. The van der Waals surface area contributed by atoms with Crippen molar-refractivity contribution in [3.8, 4) is 0 Å². The lowest BCUT2D eigenvalue weighted by atomic mass is 10.2. The molecule has 0 radical (unpaired) electrons. The number of carbonyl (C=O) groups is 1. The van der Waals surface area contributed by atoms with E-state index in [4.69, 9.17) is 11.6 Å². The number of hydrogen-bond acceptors (Lipinski definition) is 2. The Bertz CT molecular complexity index is 677. The third-order valence-electron chi connectivity index (χ3n) is 3.34.